The summed E-state index contributed by atoms with van der Waals surface area (Å²) in [6.07, 6.45) is 4.50. The number of nitrogens with zero attached hydrogens (tertiary/aromatic N) is 2. The highest BCUT2D eigenvalue weighted by Crippen LogP contribution is 2.29. The predicted octanol–water partition coefficient (Wildman–Crippen LogP) is 0.748. The minimum atomic E-state index is -0.646. The average Bonchev–Trinajstić information content (AvgIpc) is 3.36. The summed E-state index contributed by atoms with van der Waals surface area (Å²) < 4.78 is 5.58. The number of rotatable bonds is 5. The third-order valence-electron chi connectivity index (χ3n) is 4.14. The van der Waals surface area contributed by atoms with Gasteiger partial charge in [0, 0.05) is 13.5 Å². The van der Waals surface area contributed by atoms with E-state index in [2.05, 4.69) is 10.3 Å². The largest absolute Gasteiger partial charge is 0.492 e. The lowest BCUT2D eigenvalue weighted by atomic mass is 10.0. The van der Waals surface area contributed by atoms with E-state index in [1.165, 1.54) is 23.9 Å². The molecule has 2 aliphatic rings. The number of imide groups is 1. The monoisotopic (exact) mass is 317 g/mol. The molecule has 1 aromatic heterocycles. The van der Waals surface area contributed by atoms with E-state index >= 15 is 0 Å². The van der Waals surface area contributed by atoms with Crippen LogP contribution in [0.1, 0.15) is 36.2 Å². The van der Waals surface area contributed by atoms with E-state index in [1.807, 2.05) is 0 Å². The fraction of sp³-hybridized carbons (Fsp3) is 0.500. The van der Waals surface area contributed by atoms with Crippen molar-refractivity contribution in [1.29, 1.82) is 0 Å². The maximum Gasteiger partial charge on any atom is 0.272 e. The zero-order chi connectivity index (χ0) is 16.4. The first-order valence-electron chi connectivity index (χ1n) is 7.74. The van der Waals surface area contributed by atoms with Gasteiger partial charge < -0.3 is 9.64 Å². The molecule has 1 atom stereocenters. The van der Waals surface area contributed by atoms with Crippen molar-refractivity contribution in [2.45, 2.75) is 31.7 Å². The molecule has 1 aliphatic carbocycles. The molecule has 1 aromatic rings. The van der Waals surface area contributed by atoms with Gasteiger partial charge in [-0.25, -0.2) is 4.98 Å². The number of carbonyl (C=O) groups excluding carboxylic acids is 3. The molecular formula is C16H19N3O4. The first kappa shape index (κ1) is 15.5. The molecule has 1 saturated heterocycles. The van der Waals surface area contributed by atoms with Crippen LogP contribution in [0.15, 0.2) is 18.3 Å². The summed E-state index contributed by atoms with van der Waals surface area (Å²) in [5.74, 6) is 0.184. The minimum Gasteiger partial charge on any atom is -0.492 e. The van der Waals surface area contributed by atoms with Crippen molar-refractivity contribution in [3.8, 4) is 5.75 Å². The van der Waals surface area contributed by atoms with Crippen molar-refractivity contribution in [2.24, 2.45) is 5.92 Å². The first-order chi connectivity index (χ1) is 11.0. The highest BCUT2D eigenvalue weighted by Gasteiger charge is 2.33. The summed E-state index contributed by atoms with van der Waals surface area (Å²) in [6, 6.07) is 2.65. The summed E-state index contributed by atoms with van der Waals surface area (Å²) in [5.41, 5.74) is 0.246. The van der Waals surface area contributed by atoms with Crippen LogP contribution in [0, 0.1) is 5.92 Å². The second-order valence-corrected chi connectivity index (χ2v) is 6.02. The van der Waals surface area contributed by atoms with Gasteiger partial charge in [0.15, 0.2) is 0 Å². The van der Waals surface area contributed by atoms with E-state index in [-0.39, 0.29) is 23.9 Å². The summed E-state index contributed by atoms with van der Waals surface area (Å²) in [5, 5.41) is 2.25. The van der Waals surface area contributed by atoms with Crippen LogP contribution < -0.4 is 10.1 Å². The van der Waals surface area contributed by atoms with E-state index in [0.717, 1.165) is 0 Å². The zero-order valence-electron chi connectivity index (χ0n) is 12.9. The van der Waals surface area contributed by atoms with Crippen LogP contribution in [0.25, 0.3) is 0 Å². The van der Waals surface area contributed by atoms with Crippen LogP contribution in [-0.2, 0) is 9.59 Å². The van der Waals surface area contributed by atoms with Crippen LogP contribution in [0.5, 0.6) is 5.75 Å². The lowest BCUT2D eigenvalue weighted by molar-refractivity contribution is -0.136. The van der Waals surface area contributed by atoms with E-state index in [0.29, 0.717) is 24.7 Å². The van der Waals surface area contributed by atoms with Gasteiger partial charge in [-0.05, 0) is 37.3 Å². The third-order valence-corrected chi connectivity index (χ3v) is 4.14. The molecular weight excluding hydrogens is 298 g/mol. The van der Waals surface area contributed by atoms with Gasteiger partial charge in [0.2, 0.25) is 11.8 Å². The van der Waals surface area contributed by atoms with E-state index in [9.17, 15) is 14.4 Å². The molecule has 2 fully saturated rings. The topological polar surface area (TPSA) is 88.6 Å². The summed E-state index contributed by atoms with van der Waals surface area (Å²) in [7, 11) is 1.54. The fourth-order valence-corrected chi connectivity index (χ4v) is 2.46. The van der Waals surface area contributed by atoms with Crippen molar-refractivity contribution in [2.75, 3.05) is 13.7 Å². The van der Waals surface area contributed by atoms with Crippen LogP contribution in [0.4, 0.5) is 0 Å². The van der Waals surface area contributed by atoms with Crippen molar-refractivity contribution >= 4 is 17.7 Å². The number of piperidine rings is 1. The highest BCUT2D eigenvalue weighted by atomic mass is 16.5. The Morgan fingerprint density at radius 3 is 2.74 bits per heavy atom. The standard InChI is InChI=1S/C16H19N3O4/c1-19(13-6-7-14(20)18-15(13)21)16(22)12-5-4-11(8-17-12)23-9-10-2-3-10/h4-5,8,10,13H,2-3,6-7,9H2,1H3,(H,18,20,21). The Bertz CT molecular complexity index is 625. The molecule has 0 spiro atoms. The number of hydrogen-bond donors (Lipinski definition) is 1. The Morgan fingerprint density at radius 2 is 2.13 bits per heavy atom. The van der Waals surface area contributed by atoms with Crippen molar-refractivity contribution in [1.82, 2.24) is 15.2 Å². The van der Waals surface area contributed by atoms with Crippen LogP contribution in [-0.4, -0.2) is 47.3 Å². The Kier molecular flexibility index (Phi) is 4.27. The number of aromatic nitrogens is 1. The van der Waals surface area contributed by atoms with Gasteiger partial charge in [0.05, 0.1) is 12.8 Å². The number of likely N-dealkylation sites (N-methyl/N-ethyl adjacent to an activating group) is 1. The molecule has 0 radical (unpaired) electrons. The van der Waals surface area contributed by atoms with Gasteiger partial charge in [-0.1, -0.05) is 0 Å². The van der Waals surface area contributed by atoms with Crippen LogP contribution in [0.2, 0.25) is 0 Å². The van der Waals surface area contributed by atoms with E-state index in [1.54, 1.807) is 19.2 Å². The van der Waals surface area contributed by atoms with Crippen LogP contribution >= 0.6 is 0 Å². The number of nitrogens with one attached hydrogen (secondary N) is 1. The van der Waals surface area contributed by atoms with Gasteiger partial charge in [-0.3, -0.25) is 19.7 Å². The molecule has 0 bridgehead atoms. The summed E-state index contributed by atoms with van der Waals surface area (Å²) >= 11 is 0. The van der Waals surface area contributed by atoms with Gasteiger partial charge in [0.1, 0.15) is 17.5 Å². The summed E-state index contributed by atoms with van der Waals surface area (Å²) in [4.78, 5) is 40.9. The molecule has 7 nitrogen and oxygen atoms in total. The lowest BCUT2D eigenvalue weighted by Crippen LogP contribution is -2.53. The van der Waals surface area contributed by atoms with Crippen molar-refractivity contribution in [3.63, 3.8) is 0 Å². The molecule has 7 heteroatoms. The second-order valence-electron chi connectivity index (χ2n) is 6.02. The highest BCUT2D eigenvalue weighted by molar-refractivity contribution is 6.03. The van der Waals surface area contributed by atoms with Gasteiger partial charge in [-0.2, -0.15) is 0 Å². The van der Waals surface area contributed by atoms with Gasteiger partial charge in [0.25, 0.3) is 5.91 Å². The molecule has 3 amide bonds. The molecule has 1 saturated carbocycles. The molecule has 0 aromatic carbocycles. The van der Waals surface area contributed by atoms with Crippen molar-refractivity contribution < 1.29 is 19.1 Å². The Balaban J connectivity index is 1.61. The SMILES string of the molecule is CN(C(=O)c1ccc(OCC2CC2)cn1)C1CCC(=O)NC1=O. The molecule has 23 heavy (non-hydrogen) atoms. The Hall–Kier alpha value is -2.44. The molecule has 2 heterocycles. The smallest absolute Gasteiger partial charge is 0.272 e. The first-order valence-corrected chi connectivity index (χ1v) is 7.74. The predicted molar refractivity (Wildman–Crippen MR) is 80.7 cm³/mol. The van der Waals surface area contributed by atoms with E-state index < -0.39 is 11.9 Å². The average molecular weight is 317 g/mol. The maximum absolute atomic E-state index is 12.4. The fourth-order valence-electron chi connectivity index (χ4n) is 2.46. The number of hydrogen-bond acceptors (Lipinski definition) is 5. The zero-order valence-corrected chi connectivity index (χ0v) is 12.9. The molecule has 122 valence electrons. The number of amides is 3. The second kappa shape index (κ2) is 6.36. The number of carbonyl (C=O) groups is 3. The molecule has 1 unspecified atom stereocenters. The van der Waals surface area contributed by atoms with Crippen LogP contribution in [0.3, 0.4) is 0 Å². The minimum absolute atomic E-state index is 0.232. The third kappa shape index (κ3) is 3.67. The van der Waals surface area contributed by atoms with Gasteiger partial charge >= 0.3 is 0 Å². The van der Waals surface area contributed by atoms with Gasteiger partial charge in [-0.15, -0.1) is 0 Å². The quantitative estimate of drug-likeness (QED) is 0.810. The molecule has 1 N–H and O–H groups in total. The van der Waals surface area contributed by atoms with E-state index in [4.69, 9.17) is 4.74 Å². The molecule has 1 aliphatic heterocycles. The Morgan fingerprint density at radius 1 is 1.35 bits per heavy atom. The summed E-state index contributed by atoms with van der Waals surface area (Å²) in [6.45, 7) is 0.686. The molecule has 3 rings (SSSR count). The number of pyridine rings is 1. The normalized spacial score (nSPS) is 20.8. The Labute approximate surface area is 134 Å². The number of ether oxygens (including phenoxy) is 1. The van der Waals surface area contributed by atoms with Crippen molar-refractivity contribution in [3.05, 3.63) is 24.0 Å². The lowest BCUT2D eigenvalue weighted by Gasteiger charge is -2.29. The maximum atomic E-state index is 12.4.